The highest BCUT2D eigenvalue weighted by molar-refractivity contribution is 5.97. The summed E-state index contributed by atoms with van der Waals surface area (Å²) in [6, 6.07) is 13.2. The zero-order valence-corrected chi connectivity index (χ0v) is 20.9. The number of nitrogens with one attached hydrogen (secondary N) is 1. The molecule has 188 valence electrons. The van der Waals surface area contributed by atoms with Gasteiger partial charge in [0.1, 0.15) is 12.4 Å². The van der Waals surface area contributed by atoms with Gasteiger partial charge >= 0.3 is 0 Å². The number of Topliss-reactive ketones (excluding diaryl/α,β-unsaturated/α-hetero) is 1. The van der Waals surface area contributed by atoms with Crippen molar-refractivity contribution in [2.45, 2.75) is 64.4 Å². The molecule has 0 aliphatic carbocycles. The molecule has 0 unspecified atom stereocenters. The van der Waals surface area contributed by atoms with Crippen LogP contribution in [0.15, 0.2) is 42.5 Å². The van der Waals surface area contributed by atoms with Gasteiger partial charge in [-0.1, -0.05) is 50.3 Å². The SMILES string of the molecule is COc1cc(C(=O)CCCCCCCCCNCCCN)cc(COc2ccccc2)c1OC. The molecule has 0 atom stereocenters. The van der Waals surface area contributed by atoms with Gasteiger partial charge < -0.3 is 25.3 Å². The second-order valence-corrected chi connectivity index (χ2v) is 8.51. The van der Waals surface area contributed by atoms with Gasteiger partial charge in [0.15, 0.2) is 17.3 Å². The van der Waals surface area contributed by atoms with Crippen molar-refractivity contribution in [3.63, 3.8) is 0 Å². The number of rotatable bonds is 19. The Labute approximate surface area is 205 Å². The predicted octanol–water partition coefficient (Wildman–Crippen LogP) is 5.52. The first-order chi connectivity index (χ1) is 16.7. The molecule has 2 aromatic carbocycles. The second kappa shape index (κ2) is 17.0. The van der Waals surface area contributed by atoms with Gasteiger partial charge in [0.05, 0.1) is 14.2 Å². The molecule has 0 fully saturated rings. The summed E-state index contributed by atoms with van der Waals surface area (Å²) in [5.41, 5.74) is 6.93. The largest absolute Gasteiger partial charge is 0.493 e. The Bertz CT molecular complexity index is 827. The molecule has 0 saturated carbocycles. The van der Waals surface area contributed by atoms with Gasteiger partial charge in [-0.3, -0.25) is 4.79 Å². The molecule has 0 aliphatic heterocycles. The molecule has 0 radical (unpaired) electrons. The summed E-state index contributed by atoms with van der Waals surface area (Å²) in [5, 5.41) is 3.42. The fourth-order valence-electron chi connectivity index (χ4n) is 3.91. The van der Waals surface area contributed by atoms with E-state index in [-0.39, 0.29) is 5.78 Å². The van der Waals surface area contributed by atoms with Crippen molar-refractivity contribution in [3.05, 3.63) is 53.6 Å². The molecule has 0 aromatic heterocycles. The summed E-state index contributed by atoms with van der Waals surface area (Å²) in [4.78, 5) is 12.9. The highest BCUT2D eigenvalue weighted by Gasteiger charge is 2.17. The van der Waals surface area contributed by atoms with Crippen LogP contribution in [0.1, 0.15) is 73.7 Å². The summed E-state index contributed by atoms with van der Waals surface area (Å²) in [6.07, 6.45) is 9.72. The molecule has 3 N–H and O–H groups in total. The van der Waals surface area contributed by atoms with Crippen molar-refractivity contribution in [2.75, 3.05) is 33.9 Å². The van der Waals surface area contributed by atoms with Crippen LogP contribution in [0.3, 0.4) is 0 Å². The molecule has 0 saturated heterocycles. The van der Waals surface area contributed by atoms with E-state index in [1.807, 2.05) is 36.4 Å². The Morgan fingerprint density at radius 1 is 0.853 bits per heavy atom. The number of benzene rings is 2. The van der Waals surface area contributed by atoms with E-state index in [1.165, 1.54) is 32.1 Å². The summed E-state index contributed by atoms with van der Waals surface area (Å²) < 4.78 is 16.9. The fourth-order valence-corrected chi connectivity index (χ4v) is 3.91. The second-order valence-electron chi connectivity index (χ2n) is 8.51. The van der Waals surface area contributed by atoms with Gasteiger partial charge in [0.25, 0.3) is 0 Å². The van der Waals surface area contributed by atoms with Crippen LogP contribution in [0.25, 0.3) is 0 Å². The zero-order chi connectivity index (χ0) is 24.4. The third kappa shape index (κ3) is 10.1. The number of carbonyl (C=O) groups is 1. The Balaban J connectivity index is 1.76. The van der Waals surface area contributed by atoms with Crippen LogP contribution in [-0.2, 0) is 6.61 Å². The number of para-hydroxylation sites is 1. The minimum atomic E-state index is 0.130. The lowest BCUT2D eigenvalue weighted by molar-refractivity contribution is 0.0978. The van der Waals surface area contributed by atoms with E-state index >= 15 is 0 Å². The van der Waals surface area contributed by atoms with E-state index in [9.17, 15) is 4.79 Å². The number of nitrogens with two attached hydrogens (primary N) is 1. The number of unbranched alkanes of at least 4 members (excludes halogenated alkanes) is 6. The lowest BCUT2D eigenvalue weighted by atomic mass is 10.0. The molecule has 0 aliphatic rings. The van der Waals surface area contributed by atoms with Gasteiger partial charge in [-0.25, -0.2) is 0 Å². The molecule has 2 rings (SSSR count). The molecular formula is C28H42N2O4. The van der Waals surface area contributed by atoms with Crippen LogP contribution in [0.5, 0.6) is 17.2 Å². The number of ether oxygens (including phenoxy) is 3. The predicted molar refractivity (Wildman–Crippen MR) is 138 cm³/mol. The molecule has 0 spiro atoms. The fraction of sp³-hybridized carbons (Fsp3) is 0.536. The molecule has 0 amide bonds. The van der Waals surface area contributed by atoms with Crippen molar-refractivity contribution in [1.82, 2.24) is 5.32 Å². The summed E-state index contributed by atoms with van der Waals surface area (Å²) in [5.74, 6) is 2.05. The molecule has 34 heavy (non-hydrogen) atoms. The van der Waals surface area contributed by atoms with Crippen LogP contribution >= 0.6 is 0 Å². The molecule has 2 aromatic rings. The molecule has 6 heteroatoms. The van der Waals surface area contributed by atoms with Gasteiger partial charge in [0, 0.05) is 17.5 Å². The van der Waals surface area contributed by atoms with E-state index in [2.05, 4.69) is 5.32 Å². The van der Waals surface area contributed by atoms with Crippen LogP contribution in [0.4, 0.5) is 0 Å². The van der Waals surface area contributed by atoms with Crippen molar-refractivity contribution < 1.29 is 19.0 Å². The third-order valence-corrected chi connectivity index (χ3v) is 5.83. The summed E-state index contributed by atoms with van der Waals surface area (Å²) in [7, 11) is 3.19. The van der Waals surface area contributed by atoms with E-state index in [1.54, 1.807) is 20.3 Å². The molecular weight excluding hydrogens is 428 g/mol. The lowest BCUT2D eigenvalue weighted by Gasteiger charge is -2.15. The Kier molecular flexibility index (Phi) is 13.8. The van der Waals surface area contributed by atoms with Crippen LogP contribution < -0.4 is 25.3 Å². The highest BCUT2D eigenvalue weighted by Crippen LogP contribution is 2.34. The number of methoxy groups -OCH3 is 2. The number of hydrogen-bond acceptors (Lipinski definition) is 6. The van der Waals surface area contributed by atoms with Gasteiger partial charge in [-0.15, -0.1) is 0 Å². The van der Waals surface area contributed by atoms with E-state index in [0.29, 0.717) is 30.1 Å². The first kappa shape index (κ1) is 27.7. The highest BCUT2D eigenvalue weighted by atomic mass is 16.5. The summed E-state index contributed by atoms with van der Waals surface area (Å²) in [6.45, 7) is 3.16. The van der Waals surface area contributed by atoms with E-state index < -0.39 is 0 Å². The van der Waals surface area contributed by atoms with Gasteiger partial charge in [-0.05, 0) is 63.2 Å². The topological polar surface area (TPSA) is 82.8 Å². The van der Waals surface area contributed by atoms with Crippen molar-refractivity contribution in [2.24, 2.45) is 5.73 Å². The third-order valence-electron chi connectivity index (χ3n) is 5.83. The standard InChI is InChI=1S/C28H42N2O4/c1-32-27-21-23(20-24(28(27)33-2)22-34-25-14-9-8-10-15-25)26(31)16-11-6-4-3-5-7-12-18-30-19-13-17-29/h8-10,14-15,20-21,30H,3-7,11-13,16-19,22,29H2,1-2H3. The van der Waals surface area contributed by atoms with E-state index in [0.717, 1.165) is 50.2 Å². The number of hydrogen-bond donors (Lipinski definition) is 2. The average Bonchev–Trinajstić information content (AvgIpc) is 2.87. The lowest BCUT2D eigenvalue weighted by Crippen LogP contribution is -2.19. The monoisotopic (exact) mass is 470 g/mol. The van der Waals surface area contributed by atoms with Crippen molar-refractivity contribution in [1.29, 1.82) is 0 Å². The Morgan fingerprint density at radius 2 is 1.53 bits per heavy atom. The first-order valence-corrected chi connectivity index (χ1v) is 12.6. The molecule has 0 heterocycles. The number of ketones is 1. The zero-order valence-electron chi connectivity index (χ0n) is 20.9. The van der Waals surface area contributed by atoms with Crippen LogP contribution in [0, 0.1) is 0 Å². The van der Waals surface area contributed by atoms with Gasteiger partial charge in [0.2, 0.25) is 0 Å². The molecule has 0 bridgehead atoms. The average molecular weight is 471 g/mol. The van der Waals surface area contributed by atoms with E-state index in [4.69, 9.17) is 19.9 Å². The Morgan fingerprint density at radius 3 is 2.21 bits per heavy atom. The summed E-state index contributed by atoms with van der Waals surface area (Å²) >= 11 is 0. The van der Waals surface area contributed by atoms with Crippen LogP contribution in [0.2, 0.25) is 0 Å². The van der Waals surface area contributed by atoms with Gasteiger partial charge in [-0.2, -0.15) is 0 Å². The number of carbonyl (C=O) groups excluding carboxylic acids is 1. The van der Waals surface area contributed by atoms with Crippen molar-refractivity contribution in [3.8, 4) is 17.2 Å². The minimum absolute atomic E-state index is 0.130. The quantitative estimate of drug-likeness (QED) is 0.208. The van der Waals surface area contributed by atoms with Crippen molar-refractivity contribution >= 4 is 5.78 Å². The maximum Gasteiger partial charge on any atom is 0.167 e. The van der Waals surface area contributed by atoms with Crippen LogP contribution in [-0.4, -0.2) is 39.6 Å². The maximum absolute atomic E-state index is 12.9. The minimum Gasteiger partial charge on any atom is -0.493 e. The normalized spacial score (nSPS) is 10.8. The Hall–Kier alpha value is -2.57. The molecule has 6 nitrogen and oxygen atoms in total. The maximum atomic E-state index is 12.9. The first-order valence-electron chi connectivity index (χ1n) is 12.6. The smallest absolute Gasteiger partial charge is 0.167 e.